The predicted octanol–water partition coefficient (Wildman–Crippen LogP) is 1.61. The van der Waals surface area contributed by atoms with Gasteiger partial charge in [-0.05, 0) is 25.7 Å². The molecule has 0 bridgehead atoms. The highest BCUT2D eigenvalue weighted by atomic mass is 16.7. The summed E-state index contributed by atoms with van der Waals surface area (Å²) in [6.07, 6.45) is 10.8. The lowest BCUT2D eigenvalue weighted by Crippen LogP contribution is -2.05. The van der Waals surface area contributed by atoms with Crippen molar-refractivity contribution < 1.29 is 24.4 Å². The molecule has 5 heteroatoms. The van der Waals surface area contributed by atoms with Crippen LogP contribution in [0.15, 0.2) is 24.3 Å². The molecule has 0 saturated carbocycles. The zero-order valence-corrected chi connectivity index (χ0v) is 11.5. The Morgan fingerprint density at radius 1 is 0.579 bits per heavy atom. The molecule has 0 radical (unpaired) electrons. The number of aliphatic hydroxyl groups excluding tert-OH is 2. The fourth-order valence-electron chi connectivity index (χ4n) is 1.19. The van der Waals surface area contributed by atoms with Gasteiger partial charge in [-0.1, -0.05) is 24.3 Å². The van der Waals surface area contributed by atoms with Crippen LogP contribution in [-0.4, -0.2) is 50.2 Å². The van der Waals surface area contributed by atoms with E-state index in [4.69, 9.17) is 24.4 Å². The monoisotopic (exact) mass is 274 g/mol. The van der Waals surface area contributed by atoms with Gasteiger partial charge in [0.05, 0.1) is 13.2 Å². The average Bonchev–Trinajstić information content (AvgIpc) is 2.43. The van der Waals surface area contributed by atoms with Crippen molar-refractivity contribution in [3.05, 3.63) is 24.3 Å². The van der Waals surface area contributed by atoms with E-state index in [1.54, 1.807) is 0 Å². The summed E-state index contributed by atoms with van der Waals surface area (Å²) in [4.78, 5) is 0. The Kier molecular flexibility index (Phi) is 16.6. The van der Waals surface area contributed by atoms with E-state index in [-0.39, 0.29) is 26.8 Å². The van der Waals surface area contributed by atoms with Crippen LogP contribution in [0.2, 0.25) is 0 Å². The first-order chi connectivity index (χ1) is 9.41. The van der Waals surface area contributed by atoms with E-state index in [1.807, 2.05) is 24.3 Å². The average molecular weight is 274 g/mol. The van der Waals surface area contributed by atoms with E-state index in [0.717, 1.165) is 12.8 Å². The molecule has 0 atom stereocenters. The van der Waals surface area contributed by atoms with Gasteiger partial charge in [-0.15, -0.1) is 0 Å². The Hall–Kier alpha value is -0.720. The van der Waals surface area contributed by atoms with Crippen LogP contribution in [0.4, 0.5) is 0 Å². The van der Waals surface area contributed by atoms with Crippen molar-refractivity contribution in [3.8, 4) is 0 Å². The molecule has 19 heavy (non-hydrogen) atoms. The first kappa shape index (κ1) is 18.3. The molecule has 0 saturated heterocycles. The van der Waals surface area contributed by atoms with Crippen LogP contribution >= 0.6 is 0 Å². The number of rotatable bonds is 14. The van der Waals surface area contributed by atoms with Gasteiger partial charge in [0.25, 0.3) is 0 Å². The topological polar surface area (TPSA) is 68.2 Å². The third-order valence-corrected chi connectivity index (χ3v) is 2.12. The van der Waals surface area contributed by atoms with E-state index in [2.05, 4.69) is 0 Å². The summed E-state index contributed by atoms with van der Waals surface area (Å²) in [7, 11) is 0. The minimum absolute atomic E-state index is 0.187. The highest BCUT2D eigenvalue weighted by Gasteiger charge is 1.88. The molecular formula is C14H26O5. The third kappa shape index (κ3) is 17.3. The van der Waals surface area contributed by atoms with Crippen molar-refractivity contribution in [2.75, 3.05) is 40.0 Å². The fraction of sp³-hybridized carbons (Fsp3) is 0.714. The zero-order chi connectivity index (χ0) is 14.0. The largest absolute Gasteiger partial charge is 0.396 e. The van der Waals surface area contributed by atoms with Crippen molar-refractivity contribution in [2.45, 2.75) is 25.7 Å². The van der Waals surface area contributed by atoms with Crippen LogP contribution in [-0.2, 0) is 14.2 Å². The summed E-state index contributed by atoms with van der Waals surface area (Å²) in [6.45, 7) is 2.04. The maximum Gasteiger partial charge on any atom is 0.149 e. The normalized spacial score (nSPS) is 11.9. The third-order valence-electron chi connectivity index (χ3n) is 2.12. The molecule has 0 fully saturated rings. The lowest BCUT2D eigenvalue weighted by molar-refractivity contribution is -0.129. The number of hydrogen-bond acceptors (Lipinski definition) is 5. The Bertz CT molecular complexity index is 194. The van der Waals surface area contributed by atoms with Gasteiger partial charge in [0, 0.05) is 13.2 Å². The predicted molar refractivity (Wildman–Crippen MR) is 73.6 cm³/mol. The summed E-state index contributed by atoms with van der Waals surface area (Å²) in [5, 5.41) is 17.1. The lowest BCUT2D eigenvalue weighted by atomic mass is 10.3. The fourth-order valence-corrected chi connectivity index (χ4v) is 1.19. The van der Waals surface area contributed by atoms with Crippen LogP contribution in [0.25, 0.3) is 0 Å². The first-order valence-corrected chi connectivity index (χ1v) is 6.66. The molecule has 0 aromatic rings. The second kappa shape index (κ2) is 17.3. The molecule has 0 amide bonds. The van der Waals surface area contributed by atoms with Gasteiger partial charge < -0.3 is 24.4 Å². The van der Waals surface area contributed by atoms with Crippen molar-refractivity contribution >= 4 is 0 Å². The molecule has 0 heterocycles. The van der Waals surface area contributed by atoms with Crippen molar-refractivity contribution in [3.63, 3.8) is 0 Å². The quantitative estimate of drug-likeness (QED) is 0.286. The van der Waals surface area contributed by atoms with Crippen LogP contribution in [0, 0.1) is 0 Å². The smallest absolute Gasteiger partial charge is 0.149 e. The second-order valence-electron chi connectivity index (χ2n) is 3.80. The highest BCUT2D eigenvalue weighted by molar-refractivity contribution is 4.81. The van der Waals surface area contributed by atoms with E-state index < -0.39 is 0 Å². The summed E-state index contributed by atoms with van der Waals surface area (Å²) in [5.41, 5.74) is 0. The molecule has 0 aromatic carbocycles. The number of ether oxygens (including phenoxy) is 3. The Labute approximate surface area is 115 Å². The maximum atomic E-state index is 8.54. The molecule has 0 rings (SSSR count). The molecule has 0 aliphatic carbocycles. The van der Waals surface area contributed by atoms with E-state index in [9.17, 15) is 0 Å². The van der Waals surface area contributed by atoms with Crippen LogP contribution in [0.3, 0.4) is 0 Å². The molecule has 0 spiro atoms. The zero-order valence-electron chi connectivity index (χ0n) is 11.5. The van der Waals surface area contributed by atoms with Gasteiger partial charge in [0.1, 0.15) is 13.6 Å². The summed E-state index contributed by atoms with van der Waals surface area (Å²) in [5.74, 6) is 0. The summed E-state index contributed by atoms with van der Waals surface area (Å²) < 4.78 is 15.5. The van der Waals surface area contributed by atoms with E-state index in [0.29, 0.717) is 26.1 Å². The SMILES string of the molecule is OCC/C=C\CCOCOCOCC/C=C\CCO. The Morgan fingerprint density at radius 2 is 1.00 bits per heavy atom. The standard InChI is InChI=1S/C14H26O5/c15-9-5-1-3-7-11-17-13-19-14-18-12-8-4-2-6-10-16/h1-4,15-16H,5-14H2/b3-1-,4-2-. The van der Waals surface area contributed by atoms with Crippen LogP contribution < -0.4 is 0 Å². The molecular weight excluding hydrogens is 248 g/mol. The molecule has 0 aliphatic heterocycles. The lowest BCUT2D eigenvalue weighted by Gasteiger charge is -2.05. The minimum atomic E-state index is 0.187. The molecule has 0 unspecified atom stereocenters. The molecule has 112 valence electrons. The molecule has 2 N–H and O–H groups in total. The van der Waals surface area contributed by atoms with Gasteiger partial charge in [-0.25, -0.2) is 0 Å². The second-order valence-corrected chi connectivity index (χ2v) is 3.80. The maximum absolute atomic E-state index is 8.54. The Balaban J connectivity index is 3.02. The van der Waals surface area contributed by atoms with Crippen LogP contribution in [0.5, 0.6) is 0 Å². The van der Waals surface area contributed by atoms with Crippen LogP contribution in [0.1, 0.15) is 25.7 Å². The molecule has 0 aromatic heterocycles. The summed E-state index contributed by atoms with van der Waals surface area (Å²) >= 11 is 0. The summed E-state index contributed by atoms with van der Waals surface area (Å²) in [6, 6.07) is 0. The van der Waals surface area contributed by atoms with E-state index in [1.165, 1.54) is 0 Å². The van der Waals surface area contributed by atoms with Gasteiger partial charge in [0.2, 0.25) is 0 Å². The van der Waals surface area contributed by atoms with Crippen molar-refractivity contribution in [1.82, 2.24) is 0 Å². The van der Waals surface area contributed by atoms with E-state index >= 15 is 0 Å². The minimum Gasteiger partial charge on any atom is -0.396 e. The Morgan fingerprint density at radius 3 is 1.42 bits per heavy atom. The number of hydrogen-bond donors (Lipinski definition) is 2. The molecule has 5 nitrogen and oxygen atoms in total. The van der Waals surface area contributed by atoms with Crippen molar-refractivity contribution in [1.29, 1.82) is 0 Å². The first-order valence-electron chi connectivity index (χ1n) is 6.66. The van der Waals surface area contributed by atoms with Crippen molar-refractivity contribution in [2.24, 2.45) is 0 Å². The van der Waals surface area contributed by atoms with Gasteiger partial charge in [0.15, 0.2) is 0 Å². The van der Waals surface area contributed by atoms with Gasteiger partial charge in [-0.2, -0.15) is 0 Å². The highest BCUT2D eigenvalue weighted by Crippen LogP contribution is 1.91. The van der Waals surface area contributed by atoms with Gasteiger partial charge >= 0.3 is 0 Å². The number of aliphatic hydroxyl groups is 2. The molecule has 0 aliphatic rings. The van der Waals surface area contributed by atoms with Gasteiger partial charge in [-0.3, -0.25) is 0 Å².